The van der Waals surface area contributed by atoms with Crippen molar-refractivity contribution in [3.8, 4) is 0 Å². The van der Waals surface area contributed by atoms with Crippen molar-refractivity contribution in [3.05, 3.63) is 29.1 Å². The number of nitrogens with two attached hydrogens (primary N) is 1. The Morgan fingerprint density at radius 1 is 1.60 bits per heavy atom. The maximum absolute atomic E-state index is 11.1. The van der Waals surface area contributed by atoms with Crippen LogP contribution in [0.4, 0.5) is 0 Å². The Morgan fingerprint density at radius 3 is 2.87 bits per heavy atom. The van der Waals surface area contributed by atoms with Crippen molar-refractivity contribution in [3.63, 3.8) is 0 Å². The molecule has 0 saturated heterocycles. The van der Waals surface area contributed by atoms with E-state index in [0.717, 1.165) is 30.4 Å². The largest absolute Gasteiger partial charge is 0.326 e. The number of aromatic nitrogens is 1. The molecule has 1 rings (SSSR count). The van der Waals surface area contributed by atoms with Gasteiger partial charge >= 0.3 is 0 Å². The average molecular weight is 224 g/mol. The zero-order chi connectivity index (χ0) is 11.3. The summed E-state index contributed by atoms with van der Waals surface area (Å²) in [5.41, 5.74) is 7.85. The Kier molecular flexibility index (Phi) is 4.78. The second-order valence-corrected chi connectivity index (χ2v) is 3.87. The highest BCUT2D eigenvalue weighted by Gasteiger charge is 2.09. The minimum absolute atomic E-state index is 0.322. The molecule has 0 saturated carbocycles. The highest BCUT2D eigenvalue weighted by molar-refractivity contribution is 7.97. The first-order valence-electron chi connectivity index (χ1n) is 5.10. The van der Waals surface area contributed by atoms with Crippen molar-refractivity contribution in [2.24, 2.45) is 5.73 Å². The number of hydrogen-bond acceptors (Lipinski definition) is 3. The van der Waals surface area contributed by atoms with Gasteiger partial charge in [0.2, 0.25) is 5.12 Å². The van der Waals surface area contributed by atoms with Crippen LogP contribution in [0.2, 0.25) is 0 Å². The third kappa shape index (κ3) is 3.32. The molecule has 1 heterocycles. The molecule has 15 heavy (non-hydrogen) atoms. The summed E-state index contributed by atoms with van der Waals surface area (Å²) in [5.74, 6) is 0. The number of rotatable bonds is 5. The first-order chi connectivity index (χ1) is 7.19. The van der Waals surface area contributed by atoms with Crippen molar-refractivity contribution in [2.45, 2.75) is 32.7 Å². The van der Waals surface area contributed by atoms with Crippen LogP contribution >= 0.6 is 12.6 Å². The molecule has 0 amide bonds. The molecule has 0 fully saturated rings. The third-order valence-corrected chi connectivity index (χ3v) is 2.48. The predicted octanol–water partition coefficient (Wildman–Crippen LogP) is 1.95. The summed E-state index contributed by atoms with van der Waals surface area (Å²) in [7, 11) is 0. The van der Waals surface area contributed by atoms with Crippen LogP contribution in [0.15, 0.2) is 12.3 Å². The lowest BCUT2D eigenvalue weighted by Gasteiger charge is -2.06. The van der Waals surface area contributed by atoms with Gasteiger partial charge in [-0.3, -0.25) is 9.78 Å². The van der Waals surface area contributed by atoms with E-state index in [1.165, 1.54) is 0 Å². The molecule has 1 aromatic rings. The number of carbonyl (C=O) groups is 1. The molecule has 0 aliphatic heterocycles. The van der Waals surface area contributed by atoms with Gasteiger partial charge in [0.15, 0.2) is 0 Å². The van der Waals surface area contributed by atoms with Crippen LogP contribution < -0.4 is 5.73 Å². The van der Waals surface area contributed by atoms with Crippen LogP contribution in [0.3, 0.4) is 0 Å². The zero-order valence-electron chi connectivity index (χ0n) is 8.86. The van der Waals surface area contributed by atoms with E-state index >= 15 is 0 Å². The van der Waals surface area contributed by atoms with Gasteiger partial charge in [0.25, 0.3) is 0 Å². The fourth-order valence-electron chi connectivity index (χ4n) is 1.43. The lowest BCUT2D eigenvalue weighted by atomic mass is 10.1. The molecule has 3 nitrogen and oxygen atoms in total. The monoisotopic (exact) mass is 224 g/mol. The number of pyridine rings is 1. The fourth-order valence-corrected chi connectivity index (χ4v) is 1.63. The molecule has 0 atom stereocenters. The van der Waals surface area contributed by atoms with Crippen molar-refractivity contribution in [2.75, 3.05) is 0 Å². The van der Waals surface area contributed by atoms with Gasteiger partial charge in [-0.05, 0) is 24.0 Å². The second kappa shape index (κ2) is 5.88. The van der Waals surface area contributed by atoms with E-state index in [0.29, 0.717) is 12.2 Å². The number of nitrogens with zero attached hydrogens (tertiary/aromatic N) is 1. The van der Waals surface area contributed by atoms with Crippen LogP contribution in [0, 0.1) is 0 Å². The van der Waals surface area contributed by atoms with Crippen molar-refractivity contribution in [1.29, 1.82) is 0 Å². The molecule has 0 spiro atoms. The van der Waals surface area contributed by atoms with Gasteiger partial charge in [0.1, 0.15) is 5.69 Å². The molecule has 4 heteroatoms. The highest BCUT2D eigenvalue weighted by Crippen LogP contribution is 2.12. The molecular weight excluding hydrogens is 208 g/mol. The van der Waals surface area contributed by atoms with Crippen LogP contribution in [-0.4, -0.2) is 10.1 Å². The van der Waals surface area contributed by atoms with E-state index in [1.807, 2.05) is 6.07 Å². The molecule has 1 aromatic heterocycles. The van der Waals surface area contributed by atoms with E-state index < -0.39 is 0 Å². The summed E-state index contributed by atoms with van der Waals surface area (Å²) in [5, 5.41) is -0.322. The van der Waals surface area contributed by atoms with Crippen LogP contribution in [0.5, 0.6) is 0 Å². The minimum Gasteiger partial charge on any atom is -0.326 e. The summed E-state index contributed by atoms with van der Waals surface area (Å²) in [4.78, 5) is 15.2. The van der Waals surface area contributed by atoms with Gasteiger partial charge in [-0.1, -0.05) is 32.0 Å². The average Bonchev–Trinajstić information content (AvgIpc) is 2.25. The number of carbonyl (C=O) groups excluding carboxylic acids is 1. The quantitative estimate of drug-likeness (QED) is 0.752. The number of hydrogen-bond donors (Lipinski definition) is 2. The second-order valence-electron chi connectivity index (χ2n) is 3.46. The van der Waals surface area contributed by atoms with Gasteiger partial charge in [-0.2, -0.15) is 0 Å². The Labute approximate surface area is 95.5 Å². The molecule has 0 radical (unpaired) electrons. The maximum Gasteiger partial charge on any atom is 0.235 e. The summed E-state index contributed by atoms with van der Waals surface area (Å²) >= 11 is 3.76. The Balaban J connectivity index is 2.92. The Morgan fingerprint density at radius 2 is 2.33 bits per heavy atom. The topological polar surface area (TPSA) is 56.0 Å². The third-order valence-electron chi connectivity index (χ3n) is 2.26. The Hall–Kier alpha value is -0.870. The molecule has 0 aromatic carbocycles. The van der Waals surface area contributed by atoms with E-state index in [-0.39, 0.29) is 5.12 Å². The summed E-state index contributed by atoms with van der Waals surface area (Å²) < 4.78 is 0. The highest BCUT2D eigenvalue weighted by atomic mass is 32.1. The van der Waals surface area contributed by atoms with E-state index in [1.54, 1.807) is 6.20 Å². The molecular formula is C11H16N2OS. The van der Waals surface area contributed by atoms with Gasteiger partial charge < -0.3 is 5.73 Å². The van der Waals surface area contributed by atoms with Gasteiger partial charge in [-0.25, -0.2) is 0 Å². The summed E-state index contributed by atoms with van der Waals surface area (Å²) in [6.45, 7) is 2.47. The molecule has 0 unspecified atom stereocenters. The van der Waals surface area contributed by atoms with Crippen molar-refractivity contribution in [1.82, 2.24) is 4.98 Å². The summed E-state index contributed by atoms with van der Waals surface area (Å²) in [6.07, 6.45) is 4.99. The first-order valence-corrected chi connectivity index (χ1v) is 5.55. The van der Waals surface area contributed by atoms with Crippen LogP contribution in [0.1, 0.15) is 41.4 Å². The van der Waals surface area contributed by atoms with Gasteiger partial charge in [-0.15, -0.1) is 0 Å². The van der Waals surface area contributed by atoms with Crippen LogP contribution in [0.25, 0.3) is 0 Å². The fraction of sp³-hybridized carbons (Fsp3) is 0.455. The normalized spacial score (nSPS) is 10.3. The number of thiol groups is 1. The van der Waals surface area contributed by atoms with E-state index in [9.17, 15) is 4.79 Å². The van der Waals surface area contributed by atoms with E-state index in [4.69, 9.17) is 5.73 Å². The number of unbranched alkanes of at least 4 members (excludes halogenated alkanes) is 1. The van der Waals surface area contributed by atoms with Gasteiger partial charge in [0.05, 0.1) is 0 Å². The van der Waals surface area contributed by atoms with Crippen molar-refractivity contribution < 1.29 is 4.79 Å². The van der Waals surface area contributed by atoms with Crippen LogP contribution in [-0.2, 0) is 13.0 Å². The Bertz CT molecular complexity index is 352. The van der Waals surface area contributed by atoms with E-state index in [2.05, 4.69) is 24.5 Å². The maximum atomic E-state index is 11.1. The molecule has 0 bridgehead atoms. The first kappa shape index (κ1) is 12.2. The zero-order valence-corrected chi connectivity index (χ0v) is 9.76. The number of aryl methyl sites for hydroxylation is 1. The summed E-state index contributed by atoms with van der Waals surface area (Å²) in [6, 6.07) is 1.95. The molecule has 2 N–H and O–H groups in total. The minimum atomic E-state index is -0.322. The SMILES string of the molecule is CCCCc1cnc(C(=O)S)c(CN)c1. The standard InChI is InChI=1S/C11H16N2OS/c1-2-3-4-8-5-9(6-12)10(11(14)15)13-7-8/h5,7H,2-4,6,12H2,1H3,(H,14,15). The molecule has 0 aliphatic carbocycles. The molecule has 82 valence electrons. The smallest absolute Gasteiger partial charge is 0.235 e. The lowest BCUT2D eigenvalue weighted by molar-refractivity contribution is 0.108. The lowest BCUT2D eigenvalue weighted by Crippen LogP contribution is -2.07. The van der Waals surface area contributed by atoms with Gasteiger partial charge in [0, 0.05) is 12.7 Å². The molecule has 0 aliphatic rings. The van der Waals surface area contributed by atoms with Crippen molar-refractivity contribution >= 4 is 17.7 Å². The predicted molar refractivity (Wildman–Crippen MR) is 64.1 cm³/mol.